The molecule has 1 fully saturated rings. The van der Waals surface area contributed by atoms with Gasteiger partial charge in [0.1, 0.15) is 11.1 Å². The summed E-state index contributed by atoms with van der Waals surface area (Å²) in [6.07, 6.45) is 4.29. The molecule has 0 unspecified atom stereocenters. The highest BCUT2D eigenvalue weighted by molar-refractivity contribution is 8.13. The molecule has 0 aliphatic heterocycles. The molecule has 1 saturated carbocycles. The van der Waals surface area contributed by atoms with Crippen LogP contribution < -0.4 is 0 Å². The fourth-order valence-corrected chi connectivity index (χ4v) is 2.59. The molecular weight excluding hydrogens is 255 g/mol. The quantitative estimate of drug-likeness (QED) is 0.772. The van der Waals surface area contributed by atoms with Crippen molar-refractivity contribution in [1.82, 2.24) is 9.78 Å². The first-order chi connectivity index (χ1) is 7.47. The number of aromatic nitrogens is 2. The summed E-state index contributed by atoms with van der Waals surface area (Å²) in [6.45, 7) is 0. The zero-order chi connectivity index (χ0) is 11.8. The van der Waals surface area contributed by atoms with E-state index in [1.165, 1.54) is 12.4 Å². The van der Waals surface area contributed by atoms with Crippen LogP contribution in [0, 0.1) is 0 Å². The summed E-state index contributed by atoms with van der Waals surface area (Å²) < 4.78 is 36.6. The standard InChI is InChI=1S/C9H12ClFN2O2S/c10-16(14,15)9-5-12-13(6-9)8-3-1-7(11)2-4-8/h5-8H,1-4H2. The Morgan fingerprint density at radius 3 is 2.50 bits per heavy atom. The first-order valence-corrected chi connectivity index (χ1v) is 7.40. The summed E-state index contributed by atoms with van der Waals surface area (Å²) >= 11 is 0. The van der Waals surface area contributed by atoms with E-state index in [9.17, 15) is 12.8 Å². The summed E-state index contributed by atoms with van der Waals surface area (Å²) in [5.41, 5.74) is 0. The number of hydrogen-bond acceptors (Lipinski definition) is 3. The molecule has 1 aliphatic rings. The van der Waals surface area contributed by atoms with Gasteiger partial charge in [-0.1, -0.05) is 0 Å². The Kier molecular flexibility index (Phi) is 3.21. The van der Waals surface area contributed by atoms with Crippen LogP contribution >= 0.6 is 10.7 Å². The third kappa shape index (κ3) is 2.55. The van der Waals surface area contributed by atoms with Gasteiger partial charge in [-0.05, 0) is 25.7 Å². The summed E-state index contributed by atoms with van der Waals surface area (Å²) in [5.74, 6) is 0. The van der Waals surface area contributed by atoms with Gasteiger partial charge < -0.3 is 0 Å². The van der Waals surface area contributed by atoms with Gasteiger partial charge in [0.15, 0.2) is 0 Å². The molecule has 1 heterocycles. The van der Waals surface area contributed by atoms with Crippen molar-refractivity contribution in [2.24, 2.45) is 0 Å². The number of rotatable bonds is 2. The maximum absolute atomic E-state index is 12.9. The fourth-order valence-electron chi connectivity index (χ4n) is 1.95. The Balaban J connectivity index is 2.14. The lowest BCUT2D eigenvalue weighted by Crippen LogP contribution is -2.18. The monoisotopic (exact) mass is 266 g/mol. The van der Waals surface area contributed by atoms with Gasteiger partial charge in [0.25, 0.3) is 9.05 Å². The lowest BCUT2D eigenvalue weighted by molar-refractivity contribution is 0.201. The zero-order valence-electron chi connectivity index (χ0n) is 8.51. The second-order valence-electron chi connectivity index (χ2n) is 4.00. The van der Waals surface area contributed by atoms with E-state index >= 15 is 0 Å². The molecule has 0 saturated heterocycles. The van der Waals surface area contributed by atoms with E-state index in [0.717, 1.165) is 0 Å². The summed E-state index contributed by atoms with van der Waals surface area (Å²) in [4.78, 5) is -0.00320. The lowest BCUT2D eigenvalue weighted by Gasteiger charge is -2.24. The van der Waals surface area contributed by atoms with Crippen LogP contribution in [0.3, 0.4) is 0 Å². The van der Waals surface area contributed by atoms with Crippen LogP contribution in [0.5, 0.6) is 0 Å². The summed E-state index contributed by atoms with van der Waals surface area (Å²) in [5, 5.41) is 3.96. The Labute approximate surface area is 97.8 Å². The van der Waals surface area contributed by atoms with Gasteiger partial charge in [0, 0.05) is 16.9 Å². The molecule has 0 aromatic carbocycles. The Hall–Kier alpha value is -0.620. The predicted molar refractivity (Wildman–Crippen MR) is 57.7 cm³/mol. The average molecular weight is 267 g/mol. The van der Waals surface area contributed by atoms with Crippen LogP contribution in [-0.4, -0.2) is 24.4 Å². The Morgan fingerprint density at radius 2 is 2.00 bits per heavy atom. The molecule has 1 aromatic rings. The third-order valence-electron chi connectivity index (χ3n) is 2.86. The molecule has 7 heteroatoms. The highest BCUT2D eigenvalue weighted by Crippen LogP contribution is 2.30. The van der Waals surface area contributed by atoms with E-state index in [-0.39, 0.29) is 10.9 Å². The highest BCUT2D eigenvalue weighted by atomic mass is 35.7. The SMILES string of the molecule is O=S(=O)(Cl)c1cnn(C2CCC(F)CC2)c1. The second kappa shape index (κ2) is 4.33. The molecule has 4 nitrogen and oxygen atoms in total. The van der Waals surface area contributed by atoms with Gasteiger partial charge in [-0.15, -0.1) is 0 Å². The molecule has 90 valence electrons. The predicted octanol–water partition coefficient (Wildman–Crippen LogP) is 2.26. The molecule has 0 atom stereocenters. The second-order valence-corrected chi connectivity index (χ2v) is 6.57. The lowest BCUT2D eigenvalue weighted by atomic mass is 9.94. The first-order valence-electron chi connectivity index (χ1n) is 5.09. The summed E-state index contributed by atoms with van der Waals surface area (Å²) in [6, 6.07) is 0.0826. The van der Waals surface area contributed by atoms with Crippen LogP contribution in [0.4, 0.5) is 4.39 Å². The third-order valence-corrected chi connectivity index (χ3v) is 4.17. The Morgan fingerprint density at radius 1 is 1.38 bits per heavy atom. The number of halogens is 2. The minimum atomic E-state index is -3.72. The van der Waals surface area contributed by atoms with Crippen LogP contribution in [0.1, 0.15) is 31.7 Å². The molecule has 0 spiro atoms. The maximum Gasteiger partial charge on any atom is 0.264 e. The van der Waals surface area contributed by atoms with E-state index in [0.29, 0.717) is 25.7 Å². The van der Waals surface area contributed by atoms with Crippen LogP contribution in [0.2, 0.25) is 0 Å². The van der Waals surface area contributed by atoms with Gasteiger partial charge in [-0.2, -0.15) is 5.10 Å². The van der Waals surface area contributed by atoms with E-state index in [1.54, 1.807) is 4.68 Å². The molecule has 1 aromatic heterocycles. The molecule has 1 aliphatic carbocycles. The molecular formula is C9H12ClFN2O2S. The maximum atomic E-state index is 12.9. The fraction of sp³-hybridized carbons (Fsp3) is 0.667. The Bertz CT molecular complexity index is 466. The minimum Gasteiger partial charge on any atom is -0.268 e. The van der Waals surface area contributed by atoms with Gasteiger partial charge in [-0.3, -0.25) is 4.68 Å². The van der Waals surface area contributed by atoms with Crippen LogP contribution in [0.15, 0.2) is 17.3 Å². The van der Waals surface area contributed by atoms with Crippen molar-refractivity contribution in [2.75, 3.05) is 0 Å². The highest BCUT2D eigenvalue weighted by Gasteiger charge is 2.23. The molecule has 0 radical (unpaired) electrons. The van der Waals surface area contributed by atoms with E-state index in [1.807, 2.05) is 0 Å². The van der Waals surface area contributed by atoms with Crippen molar-refractivity contribution in [1.29, 1.82) is 0 Å². The molecule has 16 heavy (non-hydrogen) atoms. The number of alkyl halides is 1. The van der Waals surface area contributed by atoms with Gasteiger partial charge in [0.05, 0.1) is 12.2 Å². The van der Waals surface area contributed by atoms with Gasteiger partial charge in [-0.25, -0.2) is 12.8 Å². The van der Waals surface area contributed by atoms with E-state index in [4.69, 9.17) is 10.7 Å². The zero-order valence-corrected chi connectivity index (χ0v) is 10.1. The van der Waals surface area contributed by atoms with Crippen molar-refractivity contribution in [2.45, 2.75) is 42.8 Å². The van der Waals surface area contributed by atoms with Crippen LogP contribution in [0.25, 0.3) is 0 Å². The van der Waals surface area contributed by atoms with E-state index < -0.39 is 15.2 Å². The van der Waals surface area contributed by atoms with E-state index in [2.05, 4.69) is 5.10 Å². The topological polar surface area (TPSA) is 52.0 Å². The van der Waals surface area contributed by atoms with Crippen molar-refractivity contribution < 1.29 is 12.8 Å². The van der Waals surface area contributed by atoms with Crippen molar-refractivity contribution in [3.8, 4) is 0 Å². The van der Waals surface area contributed by atoms with Crippen molar-refractivity contribution >= 4 is 19.7 Å². The number of hydrogen-bond donors (Lipinski definition) is 0. The molecule has 2 rings (SSSR count). The normalized spacial score (nSPS) is 26.9. The average Bonchev–Trinajstić information content (AvgIpc) is 2.67. The van der Waals surface area contributed by atoms with Crippen molar-refractivity contribution in [3.63, 3.8) is 0 Å². The number of nitrogens with zero attached hydrogens (tertiary/aromatic N) is 2. The minimum absolute atomic E-state index is 0.00320. The van der Waals surface area contributed by atoms with Crippen LogP contribution in [-0.2, 0) is 9.05 Å². The summed E-state index contributed by atoms with van der Waals surface area (Å²) in [7, 11) is 1.48. The smallest absolute Gasteiger partial charge is 0.264 e. The molecule has 0 N–H and O–H groups in total. The first kappa shape index (κ1) is 11.9. The van der Waals surface area contributed by atoms with Gasteiger partial charge in [0.2, 0.25) is 0 Å². The molecule has 0 amide bonds. The van der Waals surface area contributed by atoms with Gasteiger partial charge >= 0.3 is 0 Å². The van der Waals surface area contributed by atoms with Crippen molar-refractivity contribution in [3.05, 3.63) is 12.4 Å². The largest absolute Gasteiger partial charge is 0.268 e. The molecule has 0 bridgehead atoms.